The van der Waals surface area contributed by atoms with E-state index in [4.69, 9.17) is 4.98 Å². The van der Waals surface area contributed by atoms with Crippen LogP contribution in [0.5, 0.6) is 0 Å². The zero-order valence-electron chi connectivity index (χ0n) is 14.9. The normalized spacial score (nSPS) is 28.2. The third kappa shape index (κ3) is 2.74. The van der Waals surface area contributed by atoms with E-state index in [1.807, 2.05) is 0 Å². The molecule has 3 heterocycles. The summed E-state index contributed by atoms with van der Waals surface area (Å²) in [5.41, 5.74) is 3.43. The number of aromatic amines is 1. The van der Waals surface area contributed by atoms with E-state index in [1.165, 1.54) is 18.4 Å². The van der Waals surface area contributed by atoms with Crippen LogP contribution in [-0.2, 0) is 4.79 Å². The highest BCUT2D eigenvalue weighted by molar-refractivity contribution is 5.84. The van der Waals surface area contributed by atoms with Crippen molar-refractivity contribution >= 4 is 16.9 Å². The Morgan fingerprint density at radius 1 is 1.16 bits per heavy atom. The molecular formula is C20H26N4O. The van der Waals surface area contributed by atoms with E-state index >= 15 is 0 Å². The minimum Gasteiger partial charge on any atom is -0.342 e. The predicted molar refractivity (Wildman–Crippen MR) is 97.5 cm³/mol. The van der Waals surface area contributed by atoms with Crippen LogP contribution in [0.4, 0.5) is 0 Å². The maximum atomic E-state index is 12.8. The van der Waals surface area contributed by atoms with Crippen LogP contribution in [0.1, 0.15) is 49.4 Å². The fourth-order valence-corrected chi connectivity index (χ4v) is 4.62. The quantitative estimate of drug-likeness (QED) is 0.936. The van der Waals surface area contributed by atoms with Crippen LogP contribution < -0.4 is 0 Å². The number of likely N-dealkylation sites (tertiary alicyclic amines) is 2. The molecule has 132 valence electrons. The molecule has 0 spiro atoms. The summed E-state index contributed by atoms with van der Waals surface area (Å²) in [7, 11) is 0. The van der Waals surface area contributed by atoms with Crippen LogP contribution in [0, 0.1) is 6.92 Å². The molecule has 3 fully saturated rings. The average Bonchev–Trinajstić information content (AvgIpc) is 3.25. The van der Waals surface area contributed by atoms with Crippen molar-refractivity contribution < 1.29 is 4.79 Å². The molecule has 2 saturated heterocycles. The van der Waals surface area contributed by atoms with Gasteiger partial charge in [0.05, 0.1) is 17.1 Å². The molecule has 2 atom stereocenters. The first-order valence-electron chi connectivity index (χ1n) is 9.70. The van der Waals surface area contributed by atoms with E-state index in [2.05, 4.69) is 39.9 Å². The van der Waals surface area contributed by atoms with Crippen molar-refractivity contribution in [1.82, 2.24) is 19.8 Å². The van der Waals surface area contributed by atoms with Crippen molar-refractivity contribution in [3.63, 3.8) is 0 Å². The Morgan fingerprint density at radius 3 is 2.88 bits per heavy atom. The lowest BCUT2D eigenvalue weighted by molar-refractivity contribution is -0.133. The highest BCUT2D eigenvalue weighted by atomic mass is 16.2. The number of carbonyl (C=O) groups is 1. The van der Waals surface area contributed by atoms with Gasteiger partial charge in [-0.05, 0) is 63.3 Å². The zero-order valence-corrected chi connectivity index (χ0v) is 14.9. The summed E-state index contributed by atoms with van der Waals surface area (Å²) in [6.45, 7) is 5.07. The summed E-state index contributed by atoms with van der Waals surface area (Å²) in [4.78, 5) is 25.7. The van der Waals surface area contributed by atoms with Gasteiger partial charge in [0.25, 0.3) is 0 Å². The second-order valence-electron chi connectivity index (χ2n) is 8.04. The molecule has 1 saturated carbocycles. The summed E-state index contributed by atoms with van der Waals surface area (Å²) >= 11 is 0. The molecule has 5 nitrogen and oxygen atoms in total. The number of amides is 1. The van der Waals surface area contributed by atoms with Gasteiger partial charge in [-0.3, -0.25) is 9.69 Å². The molecule has 0 bridgehead atoms. The number of imidazole rings is 1. The fraction of sp³-hybridized carbons (Fsp3) is 0.600. The molecule has 3 aliphatic rings. The minimum atomic E-state index is 0.107. The van der Waals surface area contributed by atoms with E-state index in [1.54, 1.807) is 0 Å². The van der Waals surface area contributed by atoms with Crippen molar-refractivity contribution in [2.24, 2.45) is 0 Å². The summed E-state index contributed by atoms with van der Waals surface area (Å²) < 4.78 is 0. The molecule has 1 aliphatic carbocycles. The number of nitrogens with zero attached hydrogens (tertiary/aromatic N) is 3. The van der Waals surface area contributed by atoms with Gasteiger partial charge in [0.1, 0.15) is 5.82 Å². The van der Waals surface area contributed by atoms with Gasteiger partial charge in [-0.15, -0.1) is 0 Å². The number of piperidine rings is 1. The van der Waals surface area contributed by atoms with Crippen molar-refractivity contribution in [3.8, 4) is 0 Å². The van der Waals surface area contributed by atoms with Crippen LogP contribution in [0.2, 0.25) is 0 Å². The van der Waals surface area contributed by atoms with Crippen molar-refractivity contribution in [2.75, 3.05) is 19.6 Å². The summed E-state index contributed by atoms with van der Waals surface area (Å²) in [6.07, 6.45) is 5.72. The molecule has 5 heteroatoms. The van der Waals surface area contributed by atoms with E-state index in [0.29, 0.717) is 17.9 Å². The minimum absolute atomic E-state index is 0.107. The lowest BCUT2D eigenvalue weighted by atomic mass is 9.95. The Bertz CT molecular complexity index is 809. The largest absolute Gasteiger partial charge is 0.342 e. The number of hydrogen-bond acceptors (Lipinski definition) is 3. The fourth-order valence-electron chi connectivity index (χ4n) is 4.62. The lowest BCUT2D eigenvalue weighted by Crippen LogP contribution is -2.46. The van der Waals surface area contributed by atoms with Crippen molar-refractivity contribution in [1.29, 1.82) is 0 Å². The van der Waals surface area contributed by atoms with Crippen LogP contribution >= 0.6 is 0 Å². The standard InChI is InChI=1S/C20H26N4O/c1-13-4-7-16-17(11-13)22-19(21-16)14-3-2-9-23(12-14)18-8-10-24(20(18)25)15-5-6-15/h4,7,11,14-15,18H,2-3,5-6,8-10,12H2,1H3,(H,21,22)/t14-,18-/m1/s1. The molecule has 1 amide bonds. The summed E-state index contributed by atoms with van der Waals surface area (Å²) in [5, 5.41) is 0. The predicted octanol–water partition coefficient (Wildman–Crippen LogP) is 2.81. The highest BCUT2D eigenvalue weighted by Gasteiger charge is 2.43. The third-order valence-corrected chi connectivity index (χ3v) is 6.14. The molecule has 2 aromatic rings. The molecule has 1 N–H and O–H groups in total. The Labute approximate surface area is 148 Å². The van der Waals surface area contributed by atoms with E-state index in [0.717, 1.165) is 55.8 Å². The van der Waals surface area contributed by atoms with E-state index < -0.39 is 0 Å². The number of aromatic nitrogens is 2. The second-order valence-corrected chi connectivity index (χ2v) is 8.04. The molecule has 0 radical (unpaired) electrons. The van der Waals surface area contributed by atoms with Crippen molar-refractivity contribution in [2.45, 2.75) is 57.0 Å². The van der Waals surface area contributed by atoms with Gasteiger partial charge in [0.2, 0.25) is 5.91 Å². The van der Waals surface area contributed by atoms with Gasteiger partial charge in [0, 0.05) is 25.0 Å². The zero-order chi connectivity index (χ0) is 17.0. The van der Waals surface area contributed by atoms with Gasteiger partial charge >= 0.3 is 0 Å². The number of aryl methyl sites for hydroxylation is 1. The Balaban J connectivity index is 1.34. The van der Waals surface area contributed by atoms with Gasteiger partial charge < -0.3 is 9.88 Å². The average molecular weight is 338 g/mol. The second kappa shape index (κ2) is 5.84. The number of fused-ring (bicyclic) bond motifs is 1. The Kier molecular flexibility index (Phi) is 3.59. The topological polar surface area (TPSA) is 52.2 Å². The molecule has 1 aromatic carbocycles. The summed E-state index contributed by atoms with van der Waals surface area (Å²) in [5.74, 6) is 1.88. The Morgan fingerprint density at radius 2 is 2.04 bits per heavy atom. The van der Waals surface area contributed by atoms with Gasteiger partial charge in [0.15, 0.2) is 0 Å². The Hall–Kier alpha value is -1.88. The van der Waals surface area contributed by atoms with Crippen LogP contribution in [0.15, 0.2) is 18.2 Å². The first kappa shape index (κ1) is 15.4. The van der Waals surface area contributed by atoms with E-state index in [-0.39, 0.29) is 6.04 Å². The molecule has 5 rings (SSSR count). The number of rotatable bonds is 3. The monoisotopic (exact) mass is 338 g/mol. The lowest BCUT2D eigenvalue weighted by Gasteiger charge is -2.35. The molecule has 25 heavy (non-hydrogen) atoms. The molecule has 1 aromatic heterocycles. The van der Waals surface area contributed by atoms with Gasteiger partial charge in [-0.1, -0.05) is 6.07 Å². The SMILES string of the molecule is Cc1ccc2nc([C@@H]3CCCN([C@@H]4CCN(C5CC5)C4=O)C3)[nH]c2c1. The molecule has 2 aliphatic heterocycles. The van der Waals surface area contributed by atoms with Crippen LogP contribution in [-0.4, -0.2) is 57.4 Å². The van der Waals surface area contributed by atoms with Crippen LogP contribution in [0.3, 0.4) is 0 Å². The maximum Gasteiger partial charge on any atom is 0.240 e. The smallest absolute Gasteiger partial charge is 0.240 e. The van der Waals surface area contributed by atoms with Crippen molar-refractivity contribution in [3.05, 3.63) is 29.6 Å². The maximum absolute atomic E-state index is 12.8. The molecular weight excluding hydrogens is 312 g/mol. The first-order valence-corrected chi connectivity index (χ1v) is 9.70. The first-order chi connectivity index (χ1) is 12.2. The third-order valence-electron chi connectivity index (χ3n) is 6.14. The number of nitrogens with one attached hydrogen (secondary N) is 1. The number of hydrogen-bond donors (Lipinski definition) is 1. The highest BCUT2D eigenvalue weighted by Crippen LogP contribution is 2.34. The van der Waals surface area contributed by atoms with Crippen LogP contribution in [0.25, 0.3) is 11.0 Å². The molecule has 0 unspecified atom stereocenters. The number of benzene rings is 1. The van der Waals surface area contributed by atoms with E-state index in [9.17, 15) is 4.79 Å². The number of carbonyl (C=O) groups excluding carboxylic acids is 1. The van der Waals surface area contributed by atoms with Gasteiger partial charge in [-0.25, -0.2) is 4.98 Å². The number of H-pyrrole nitrogens is 1. The van der Waals surface area contributed by atoms with Gasteiger partial charge in [-0.2, -0.15) is 0 Å². The summed E-state index contributed by atoms with van der Waals surface area (Å²) in [6, 6.07) is 7.04.